The predicted octanol–water partition coefficient (Wildman–Crippen LogP) is 1.26. The second-order valence-corrected chi connectivity index (χ2v) is 3.02. The van der Waals surface area contributed by atoms with Gasteiger partial charge in [-0.15, -0.1) is 0 Å². The summed E-state index contributed by atoms with van der Waals surface area (Å²) in [6.45, 7) is 1.80. The second-order valence-electron chi connectivity index (χ2n) is 2.17. The molecule has 3 heteroatoms. The average Bonchev–Trinajstić information content (AvgIpc) is 1.82. The quantitative estimate of drug-likeness (QED) is 0.620. The predicted molar refractivity (Wildman–Crippen MR) is 45.9 cm³/mol. The number of halogens is 1. The fraction of sp³-hybridized carbons (Fsp3) is 0.143. The first-order valence-corrected chi connectivity index (χ1v) is 3.65. The average molecular weight is 197 g/mol. The third-order valence-electron chi connectivity index (χ3n) is 1.28. The summed E-state index contributed by atoms with van der Waals surface area (Å²) in [6, 6.07) is 3.39. The zero-order chi connectivity index (χ0) is 7.72. The molecule has 0 amide bonds. The Morgan fingerprint density at radius 1 is 1.50 bits per heavy atom. The van der Waals surface area contributed by atoms with Crippen molar-refractivity contribution < 1.29 is 5.11 Å². The summed E-state index contributed by atoms with van der Waals surface area (Å²) in [7, 11) is 5.49. The topological polar surface area (TPSA) is 20.2 Å². The smallest absolute Gasteiger partial charge is 0.132 e. The fourth-order valence-corrected chi connectivity index (χ4v) is 1.34. The van der Waals surface area contributed by atoms with E-state index in [1.165, 1.54) is 0 Å². The third-order valence-corrected chi connectivity index (χ3v) is 1.88. The summed E-state index contributed by atoms with van der Waals surface area (Å²) in [5, 5.41) is 9.23. The molecule has 0 aliphatic rings. The molecule has 50 valence electrons. The highest BCUT2D eigenvalue weighted by Gasteiger charge is 2.00. The number of hydrogen-bond acceptors (Lipinski definition) is 1. The van der Waals surface area contributed by atoms with Crippen LogP contribution in [0.3, 0.4) is 0 Å². The van der Waals surface area contributed by atoms with Crippen LogP contribution in [0.25, 0.3) is 0 Å². The molecule has 0 aliphatic heterocycles. The molecule has 0 unspecified atom stereocenters. The molecule has 0 atom stereocenters. The highest BCUT2D eigenvalue weighted by atomic mass is 79.9. The van der Waals surface area contributed by atoms with Gasteiger partial charge in [0.2, 0.25) is 0 Å². The van der Waals surface area contributed by atoms with Gasteiger partial charge in [0.1, 0.15) is 13.6 Å². The van der Waals surface area contributed by atoms with E-state index in [0.29, 0.717) is 9.94 Å². The number of benzene rings is 1. The number of hydrogen-bond donors (Lipinski definition) is 1. The van der Waals surface area contributed by atoms with Crippen LogP contribution in [0.1, 0.15) is 5.56 Å². The number of aromatic hydroxyl groups is 1. The number of rotatable bonds is 0. The van der Waals surface area contributed by atoms with Gasteiger partial charge in [-0.1, -0.05) is 17.6 Å². The minimum Gasteiger partial charge on any atom is -0.506 e. The number of phenolic OH excluding ortho intramolecular Hbond substituents is 1. The van der Waals surface area contributed by atoms with Gasteiger partial charge in [0.15, 0.2) is 0 Å². The maximum atomic E-state index is 9.23. The molecule has 0 fully saturated rings. The van der Waals surface area contributed by atoms with E-state index in [9.17, 15) is 5.11 Å². The molecule has 0 saturated heterocycles. The molecule has 0 spiro atoms. The largest absolute Gasteiger partial charge is 0.506 e. The van der Waals surface area contributed by atoms with Crippen LogP contribution < -0.4 is 5.46 Å². The lowest BCUT2D eigenvalue weighted by Crippen LogP contribution is -2.01. The zero-order valence-electron chi connectivity index (χ0n) is 5.56. The SMILES string of the molecule is [B]c1cc(C)c(O)c(Br)c1. The molecule has 0 saturated carbocycles. The lowest BCUT2D eigenvalue weighted by molar-refractivity contribution is 0.468. The van der Waals surface area contributed by atoms with Gasteiger partial charge >= 0.3 is 0 Å². The van der Waals surface area contributed by atoms with Gasteiger partial charge in [0, 0.05) is 0 Å². The first-order valence-electron chi connectivity index (χ1n) is 2.86. The van der Waals surface area contributed by atoms with Gasteiger partial charge in [0.05, 0.1) is 4.47 Å². The van der Waals surface area contributed by atoms with Crippen LogP contribution in [0.5, 0.6) is 5.75 Å². The molecule has 1 aromatic rings. The summed E-state index contributed by atoms with van der Waals surface area (Å²) in [5.41, 5.74) is 1.44. The molecule has 1 N–H and O–H groups in total. The van der Waals surface area contributed by atoms with Gasteiger partial charge in [-0.25, -0.2) is 0 Å². The van der Waals surface area contributed by atoms with Crippen molar-refractivity contribution in [2.24, 2.45) is 0 Å². The van der Waals surface area contributed by atoms with Crippen molar-refractivity contribution in [3.63, 3.8) is 0 Å². The van der Waals surface area contributed by atoms with Crippen molar-refractivity contribution in [3.8, 4) is 5.75 Å². The summed E-state index contributed by atoms with van der Waals surface area (Å²) in [4.78, 5) is 0. The molecule has 0 bridgehead atoms. The van der Waals surface area contributed by atoms with Crippen molar-refractivity contribution in [1.82, 2.24) is 0 Å². The highest BCUT2D eigenvalue weighted by molar-refractivity contribution is 9.10. The first-order chi connectivity index (χ1) is 4.61. The molecule has 10 heavy (non-hydrogen) atoms. The molecule has 0 aromatic heterocycles. The van der Waals surface area contributed by atoms with Crippen molar-refractivity contribution in [2.75, 3.05) is 0 Å². The Morgan fingerprint density at radius 2 is 2.10 bits per heavy atom. The van der Waals surface area contributed by atoms with Crippen molar-refractivity contribution in [3.05, 3.63) is 22.2 Å². The van der Waals surface area contributed by atoms with Crippen LogP contribution in [0.2, 0.25) is 0 Å². The Bertz CT molecular complexity index is 237. The number of aryl methyl sites for hydroxylation is 1. The highest BCUT2D eigenvalue weighted by Crippen LogP contribution is 2.24. The van der Waals surface area contributed by atoms with Crippen molar-refractivity contribution >= 4 is 29.2 Å². The van der Waals surface area contributed by atoms with Gasteiger partial charge in [-0.2, -0.15) is 0 Å². The van der Waals surface area contributed by atoms with E-state index in [1.54, 1.807) is 19.1 Å². The van der Waals surface area contributed by atoms with Crippen molar-refractivity contribution in [1.29, 1.82) is 0 Å². The second kappa shape index (κ2) is 2.66. The van der Waals surface area contributed by atoms with Gasteiger partial charge in [0.25, 0.3) is 0 Å². The molecular weight excluding hydrogens is 191 g/mol. The Hall–Kier alpha value is -0.435. The van der Waals surface area contributed by atoms with E-state index in [4.69, 9.17) is 7.85 Å². The van der Waals surface area contributed by atoms with Crippen LogP contribution >= 0.6 is 15.9 Å². The number of phenols is 1. The fourth-order valence-electron chi connectivity index (χ4n) is 0.763. The van der Waals surface area contributed by atoms with E-state index >= 15 is 0 Å². The van der Waals surface area contributed by atoms with Crippen LogP contribution in [0, 0.1) is 6.92 Å². The Kier molecular flexibility index (Phi) is 2.04. The van der Waals surface area contributed by atoms with E-state index < -0.39 is 0 Å². The summed E-state index contributed by atoms with van der Waals surface area (Å²) in [6.07, 6.45) is 0. The minimum absolute atomic E-state index is 0.259. The standard InChI is InChI=1S/C7H6BBrO/c1-4-2-5(8)3-6(9)7(4)10/h2-3,10H,1H3. The Labute approximate surface area is 69.6 Å². The molecule has 1 aromatic carbocycles. The monoisotopic (exact) mass is 196 g/mol. The summed E-state index contributed by atoms with van der Waals surface area (Å²) >= 11 is 3.17. The Morgan fingerprint density at radius 3 is 2.60 bits per heavy atom. The first kappa shape index (κ1) is 7.67. The maximum Gasteiger partial charge on any atom is 0.132 e. The van der Waals surface area contributed by atoms with Crippen LogP contribution in [-0.2, 0) is 0 Å². The van der Waals surface area contributed by atoms with E-state index in [0.717, 1.165) is 5.56 Å². The molecule has 1 rings (SSSR count). The van der Waals surface area contributed by atoms with Crippen molar-refractivity contribution in [2.45, 2.75) is 6.92 Å². The molecule has 1 nitrogen and oxygen atoms in total. The zero-order valence-corrected chi connectivity index (χ0v) is 7.14. The summed E-state index contributed by atoms with van der Waals surface area (Å²) < 4.78 is 0.644. The van der Waals surface area contributed by atoms with Gasteiger partial charge in [-0.05, 0) is 28.4 Å². The Balaban J connectivity index is 3.31. The maximum absolute atomic E-state index is 9.23. The normalized spacial score (nSPS) is 9.80. The minimum atomic E-state index is 0.259. The van der Waals surface area contributed by atoms with Crippen LogP contribution in [0.4, 0.5) is 0 Å². The van der Waals surface area contributed by atoms with E-state index in [-0.39, 0.29) is 5.75 Å². The molecule has 0 heterocycles. The lowest BCUT2D eigenvalue weighted by atomic mass is 9.94. The lowest BCUT2D eigenvalue weighted by Gasteiger charge is -2.02. The third kappa shape index (κ3) is 1.35. The molecule has 0 aliphatic carbocycles. The van der Waals surface area contributed by atoms with E-state index in [2.05, 4.69) is 15.9 Å². The van der Waals surface area contributed by atoms with Gasteiger partial charge in [-0.3, -0.25) is 0 Å². The molecule has 2 radical (unpaired) electrons. The van der Waals surface area contributed by atoms with Crippen LogP contribution in [-0.4, -0.2) is 13.0 Å². The molecular formula is C7H6BBrO. The van der Waals surface area contributed by atoms with Crippen LogP contribution in [0.15, 0.2) is 16.6 Å². The van der Waals surface area contributed by atoms with Gasteiger partial charge < -0.3 is 5.11 Å². The summed E-state index contributed by atoms with van der Waals surface area (Å²) in [5.74, 6) is 0.259. The van der Waals surface area contributed by atoms with E-state index in [1.807, 2.05) is 0 Å².